The molecule has 0 aromatic heterocycles. The van der Waals surface area contributed by atoms with Crippen LogP contribution >= 0.6 is 23.2 Å². The van der Waals surface area contributed by atoms with E-state index in [1.54, 1.807) is 66.7 Å². The first-order chi connectivity index (χ1) is 22.2. The van der Waals surface area contributed by atoms with Gasteiger partial charge in [-0.2, -0.15) is 0 Å². The second-order valence-electron chi connectivity index (χ2n) is 10.5. The third kappa shape index (κ3) is 8.29. The predicted molar refractivity (Wildman–Crippen MR) is 176 cm³/mol. The third-order valence-corrected chi connectivity index (χ3v) is 7.78. The minimum Gasteiger partial charge on any atom is -0.457 e. The molecule has 4 aromatic rings. The van der Waals surface area contributed by atoms with Gasteiger partial charge in [-0.05, 0) is 59.7 Å². The number of guanidine groups is 1. The summed E-state index contributed by atoms with van der Waals surface area (Å²) in [5, 5.41) is 17.4. The summed E-state index contributed by atoms with van der Waals surface area (Å²) in [6.45, 7) is 0.0848. The maximum Gasteiger partial charge on any atom is 0.261 e. The molecule has 3 amide bonds. The van der Waals surface area contributed by atoms with E-state index in [4.69, 9.17) is 33.7 Å². The fourth-order valence-corrected chi connectivity index (χ4v) is 5.46. The molecule has 1 heterocycles. The first-order valence-electron chi connectivity index (χ1n) is 14.4. The van der Waals surface area contributed by atoms with Crippen LogP contribution in [0.1, 0.15) is 31.8 Å². The lowest BCUT2D eigenvalue weighted by Crippen LogP contribution is -2.46. The third-order valence-electron chi connectivity index (χ3n) is 7.19. The molecule has 2 atom stereocenters. The molecule has 5 rings (SSSR count). The lowest BCUT2D eigenvalue weighted by Gasteiger charge is -2.23. The van der Waals surface area contributed by atoms with Crippen LogP contribution in [-0.2, 0) is 17.6 Å². The average molecular weight is 661 g/mol. The number of nitrogens with two attached hydrogens (primary N) is 1. The Hall–Kier alpha value is -4.74. The second kappa shape index (κ2) is 15.0. The van der Waals surface area contributed by atoms with E-state index in [0.717, 1.165) is 4.90 Å². The normalized spacial score (nSPS) is 14.2. The molecule has 236 valence electrons. The van der Waals surface area contributed by atoms with E-state index in [0.29, 0.717) is 43.8 Å². The molecule has 1 unspecified atom stereocenters. The number of imide groups is 1. The van der Waals surface area contributed by atoms with Crippen LogP contribution in [0.2, 0.25) is 10.0 Å². The topological polar surface area (TPSA) is 146 Å². The van der Waals surface area contributed by atoms with Crippen molar-refractivity contribution in [1.82, 2.24) is 15.5 Å². The van der Waals surface area contributed by atoms with Crippen molar-refractivity contribution in [3.05, 3.63) is 129 Å². The van der Waals surface area contributed by atoms with Crippen LogP contribution in [0.4, 0.5) is 0 Å². The van der Waals surface area contributed by atoms with E-state index in [1.165, 1.54) is 0 Å². The zero-order chi connectivity index (χ0) is 32.6. The molecular weight excluding hydrogens is 629 g/mol. The molecular formula is C34H31Cl2N5O5. The fraction of sp³-hybridized carbons (Fsp3) is 0.176. The van der Waals surface area contributed by atoms with E-state index in [-0.39, 0.29) is 31.9 Å². The van der Waals surface area contributed by atoms with Gasteiger partial charge in [-0.1, -0.05) is 71.7 Å². The van der Waals surface area contributed by atoms with Gasteiger partial charge in [0.25, 0.3) is 11.8 Å². The zero-order valence-electron chi connectivity index (χ0n) is 24.5. The van der Waals surface area contributed by atoms with Gasteiger partial charge in [0, 0.05) is 29.6 Å². The molecule has 12 heteroatoms. The molecule has 0 fully saturated rings. The van der Waals surface area contributed by atoms with Crippen molar-refractivity contribution in [3.8, 4) is 11.5 Å². The number of benzene rings is 4. The van der Waals surface area contributed by atoms with Gasteiger partial charge >= 0.3 is 0 Å². The van der Waals surface area contributed by atoms with Crippen LogP contribution in [0.5, 0.6) is 11.5 Å². The molecule has 0 radical (unpaired) electrons. The minimum absolute atomic E-state index is 0.00300. The molecule has 4 aromatic carbocycles. The first-order valence-corrected chi connectivity index (χ1v) is 15.2. The SMILES string of the molecule is NC(=N[C@@H](Cc1ccc(Cl)cc1Cl)C(O)NCCN1C(=O)c2ccccc2C1=O)NC(=O)Cc1cccc(Oc2ccccc2)c1. The Morgan fingerprint density at radius 2 is 1.57 bits per heavy atom. The largest absolute Gasteiger partial charge is 0.457 e. The van der Waals surface area contributed by atoms with E-state index in [2.05, 4.69) is 15.6 Å². The highest BCUT2D eigenvalue weighted by molar-refractivity contribution is 6.35. The van der Waals surface area contributed by atoms with E-state index < -0.39 is 30.0 Å². The number of hydrogen-bond donors (Lipinski definition) is 4. The van der Waals surface area contributed by atoms with E-state index in [9.17, 15) is 19.5 Å². The lowest BCUT2D eigenvalue weighted by atomic mass is 10.0. The van der Waals surface area contributed by atoms with Crippen LogP contribution in [0.25, 0.3) is 0 Å². The van der Waals surface area contributed by atoms with Gasteiger partial charge in [-0.15, -0.1) is 0 Å². The van der Waals surface area contributed by atoms with Gasteiger partial charge in [0.15, 0.2) is 5.96 Å². The monoisotopic (exact) mass is 659 g/mol. The van der Waals surface area contributed by atoms with Crippen LogP contribution in [-0.4, -0.2) is 59.0 Å². The number of ether oxygens (including phenoxy) is 1. The quantitative estimate of drug-likeness (QED) is 0.0754. The Labute approximate surface area is 275 Å². The molecule has 1 aliphatic rings. The Bertz CT molecular complexity index is 1730. The molecule has 1 aliphatic heterocycles. The van der Waals surface area contributed by atoms with Crippen molar-refractivity contribution in [2.24, 2.45) is 10.7 Å². The summed E-state index contributed by atoms with van der Waals surface area (Å²) >= 11 is 12.4. The number of aliphatic hydroxyl groups is 1. The Morgan fingerprint density at radius 1 is 0.891 bits per heavy atom. The van der Waals surface area contributed by atoms with Crippen molar-refractivity contribution in [2.75, 3.05) is 13.1 Å². The second-order valence-corrected chi connectivity index (χ2v) is 11.4. The number of aliphatic imine (C=N–C) groups is 1. The molecule has 46 heavy (non-hydrogen) atoms. The van der Waals surface area contributed by atoms with Gasteiger partial charge in [0.2, 0.25) is 5.91 Å². The van der Waals surface area contributed by atoms with Crippen LogP contribution in [0, 0.1) is 0 Å². The van der Waals surface area contributed by atoms with Gasteiger partial charge in [-0.3, -0.25) is 29.9 Å². The Balaban J connectivity index is 1.23. The maximum atomic E-state index is 12.9. The molecule has 0 bridgehead atoms. The highest BCUT2D eigenvalue weighted by Crippen LogP contribution is 2.25. The number of carbonyl (C=O) groups is 3. The number of halogens is 2. The first kappa shape index (κ1) is 32.6. The molecule has 0 aliphatic carbocycles. The number of rotatable bonds is 12. The zero-order valence-corrected chi connectivity index (χ0v) is 26.0. The Morgan fingerprint density at radius 3 is 2.26 bits per heavy atom. The number of aliphatic hydroxyl groups excluding tert-OH is 1. The highest BCUT2D eigenvalue weighted by atomic mass is 35.5. The number of hydrogen-bond acceptors (Lipinski definition) is 7. The fourth-order valence-electron chi connectivity index (χ4n) is 4.97. The molecule has 0 saturated carbocycles. The smallest absolute Gasteiger partial charge is 0.261 e. The summed E-state index contributed by atoms with van der Waals surface area (Å²) in [5.41, 5.74) is 8.14. The van der Waals surface area contributed by atoms with Crippen molar-refractivity contribution >= 4 is 46.9 Å². The molecule has 5 N–H and O–H groups in total. The number of nitrogens with one attached hydrogen (secondary N) is 2. The Kier molecular flexibility index (Phi) is 10.7. The molecule has 10 nitrogen and oxygen atoms in total. The van der Waals surface area contributed by atoms with Crippen LogP contribution in [0.15, 0.2) is 102 Å². The summed E-state index contributed by atoms with van der Waals surface area (Å²) in [6, 6.07) is 27.0. The number of nitrogens with zero attached hydrogens (tertiary/aromatic N) is 2. The average Bonchev–Trinajstić information content (AvgIpc) is 3.27. The van der Waals surface area contributed by atoms with Crippen LogP contribution in [0.3, 0.4) is 0 Å². The number of fused-ring (bicyclic) bond motifs is 1. The summed E-state index contributed by atoms with van der Waals surface area (Å²) < 4.78 is 5.85. The van der Waals surface area contributed by atoms with Crippen molar-refractivity contribution < 1.29 is 24.2 Å². The number of amides is 3. The van der Waals surface area contributed by atoms with Crippen molar-refractivity contribution in [1.29, 1.82) is 0 Å². The summed E-state index contributed by atoms with van der Waals surface area (Å²) in [4.78, 5) is 43.8. The number of carbonyl (C=O) groups excluding carboxylic acids is 3. The molecule has 0 saturated heterocycles. The van der Waals surface area contributed by atoms with E-state index >= 15 is 0 Å². The summed E-state index contributed by atoms with van der Waals surface area (Å²) in [6.07, 6.45) is -1.16. The summed E-state index contributed by atoms with van der Waals surface area (Å²) in [5.74, 6) is -0.184. The number of para-hydroxylation sites is 1. The minimum atomic E-state index is -1.29. The van der Waals surface area contributed by atoms with Crippen LogP contribution < -0.4 is 21.1 Å². The predicted octanol–water partition coefficient (Wildman–Crippen LogP) is 4.57. The van der Waals surface area contributed by atoms with E-state index in [1.807, 2.05) is 30.3 Å². The van der Waals surface area contributed by atoms with Gasteiger partial charge in [0.1, 0.15) is 17.7 Å². The van der Waals surface area contributed by atoms with Crippen molar-refractivity contribution in [3.63, 3.8) is 0 Å². The lowest BCUT2D eigenvalue weighted by molar-refractivity contribution is -0.119. The van der Waals surface area contributed by atoms with Crippen molar-refractivity contribution in [2.45, 2.75) is 25.1 Å². The molecule has 0 spiro atoms. The maximum absolute atomic E-state index is 12.9. The standard InChI is InChI=1S/C34H31Cl2N5O5/c35-23-14-13-22(28(36)20-23)19-29(31(43)38-15-16-41-32(44)26-11-4-5-12-27(26)33(41)45)39-34(37)40-30(42)18-21-7-6-10-25(17-21)46-24-8-2-1-3-9-24/h1-14,17,20,29,31,38,43H,15-16,18-19H2,(H3,37,39,40,42)/t29-,31?/m0/s1. The van der Waals surface area contributed by atoms with Gasteiger partial charge < -0.3 is 15.6 Å². The van der Waals surface area contributed by atoms with Gasteiger partial charge in [0.05, 0.1) is 23.6 Å². The highest BCUT2D eigenvalue weighted by Gasteiger charge is 2.34. The summed E-state index contributed by atoms with van der Waals surface area (Å²) in [7, 11) is 0. The van der Waals surface area contributed by atoms with Gasteiger partial charge in [-0.25, -0.2) is 4.99 Å².